The zero-order valence-electron chi connectivity index (χ0n) is 12.2. The molecule has 1 unspecified atom stereocenters. The number of rotatable bonds is 5. The van der Waals surface area contributed by atoms with Gasteiger partial charge in [0.05, 0.1) is 6.54 Å². The zero-order chi connectivity index (χ0) is 13.1. The van der Waals surface area contributed by atoms with Gasteiger partial charge in [0.1, 0.15) is 0 Å². The quantitative estimate of drug-likeness (QED) is 0.831. The van der Waals surface area contributed by atoms with Crippen molar-refractivity contribution < 1.29 is 4.79 Å². The minimum atomic E-state index is 0. The van der Waals surface area contributed by atoms with Crippen LogP contribution in [-0.4, -0.2) is 55.0 Å². The van der Waals surface area contributed by atoms with E-state index in [1.807, 2.05) is 11.9 Å². The molecule has 5 heteroatoms. The van der Waals surface area contributed by atoms with E-state index in [4.69, 9.17) is 5.73 Å². The molecule has 19 heavy (non-hydrogen) atoms. The largest absolute Gasteiger partial charge is 0.342 e. The number of nitrogens with two attached hydrogens (primary N) is 1. The first-order valence-electron chi connectivity index (χ1n) is 7.30. The first-order chi connectivity index (χ1) is 8.61. The van der Waals surface area contributed by atoms with Crippen molar-refractivity contribution in [3.05, 3.63) is 0 Å². The molecule has 1 saturated heterocycles. The van der Waals surface area contributed by atoms with Gasteiger partial charge in [0.15, 0.2) is 0 Å². The van der Waals surface area contributed by atoms with Crippen LogP contribution >= 0.6 is 12.4 Å². The minimum Gasteiger partial charge on any atom is -0.342 e. The van der Waals surface area contributed by atoms with Gasteiger partial charge >= 0.3 is 0 Å². The molecule has 0 radical (unpaired) electrons. The molecule has 0 aromatic rings. The summed E-state index contributed by atoms with van der Waals surface area (Å²) in [7, 11) is 2.04. The highest BCUT2D eigenvalue weighted by atomic mass is 35.5. The first kappa shape index (κ1) is 16.7. The van der Waals surface area contributed by atoms with Gasteiger partial charge in [-0.05, 0) is 44.6 Å². The van der Waals surface area contributed by atoms with Crippen molar-refractivity contribution in [2.24, 2.45) is 17.6 Å². The van der Waals surface area contributed by atoms with E-state index in [9.17, 15) is 4.79 Å². The summed E-state index contributed by atoms with van der Waals surface area (Å²) in [5.41, 5.74) is 5.82. The number of hydrogen-bond donors (Lipinski definition) is 1. The molecule has 1 heterocycles. The summed E-state index contributed by atoms with van der Waals surface area (Å²) < 4.78 is 0. The summed E-state index contributed by atoms with van der Waals surface area (Å²) in [4.78, 5) is 16.4. The number of likely N-dealkylation sites (N-methyl/N-ethyl adjacent to an activating group) is 1. The molecule has 2 fully saturated rings. The monoisotopic (exact) mass is 289 g/mol. The normalized spacial score (nSPS) is 22.2. The predicted octanol–water partition coefficient (Wildman–Crippen LogP) is 1.34. The predicted molar refractivity (Wildman–Crippen MR) is 80.4 cm³/mol. The minimum absolute atomic E-state index is 0. The number of piperidine rings is 1. The third-order valence-electron chi connectivity index (χ3n) is 4.49. The molecule has 0 aromatic heterocycles. The van der Waals surface area contributed by atoms with Crippen molar-refractivity contribution in [3.63, 3.8) is 0 Å². The van der Waals surface area contributed by atoms with E-state index in [2.05, 4.69) is 11.8 Å². The lowest BCUT2D eigenvalue weighted by atomic mass is 9.99. The third kappa shape index (κ3) is 4.62. The van der Waals surface area contributed by atoms with Gasteiger partial charge in [0, 0.05) is 25.7 Å². The smallest absolute Gasteiger partial charge is 0.236 e. The number of amides is 1. The lowest BCUT2D eigenvalue weighted by molar-refractivity contribution is -0.134. The molecule has 2 rings (SSSR count). The highest BCUT2D eigenvalue weighted by molar-refractivity contribution is 5.85. The molecular formula is C14H28ClN3O. The average Bonchev–Trinajstić information content (AvgIpc) is 3.15. The highest BCUT2D eigenvalue weighted by Gasteiger charge is 2.34. The van der Waals surface area contributed by atoms with Crippen LogP contribution in [0.4, 0.5) is 0 Å². The van der Waals surface area contributed by atoms with E-state index in [1.54, 1.807) is 0 Å². The Morgan fingerprint density at radius 2 is 1.89 bits per heavy atom. The molecule has 1 amide bonds. The Bertz CT molecular complexity index is 288. The zero-order valence-corrected chi connectivity index (χ0v) is 13.0. The maximum absolute atomic E-state index is 12.2. The fourth-order valence-electron chi connectivity index (χ4n) is 2.90. The van der Waals surface area contributed by atoms with Crippen LogP contribution in [0, 0.1) is 11.8 Å². The van der Waals surface area contributed by atoms with Crippen molar-refractivity contribution in [2.45, 2.75) is 38.6 Å². The summed E-state index contributed by atoms with van der Waals surface area (Å²) in [6.45, 7) is 5.35. The molecule has 1 aliphatic carbocycles. The maximum atomic E-state index is 12.2. The van der Waals surface area contributed by atoms with Crippen LogP contribution in [0.2, 0.25) is 0 Å². The Hall–Kier alpha value is -0.320. The summed E-state index contributed by atoms with van der Waals surface area (Å²) in [5, 5.41) is 0. The van der Waals surface area contributed by atoms with E-state index >= 15 is 0 Å². The molecule has 2 aliphatic rings. The number of carbonyl (C=O) groups is 1. The van der Waals surface area contributed by atoms with Crippen LogP contribution in [0.3, 0.4) is 0 Å². The van der Waals surface area contributed by atoms with Gasteiger partial charge in [0.25, 0.3) is 0 Å². The molecule has 1 atom stereocenters. The Morgan fingerprint density at radius 1 is 1.32 bits per heavy atom. The molecule has 0 aromatic carbocycles. The van der Waals surface area contributed by atoms with Gasteiger partial charge in [-0.2, -0.15) is 0 Å². The van der Waals surface area contributed by atoms with Crippen molar-refractivity contribution in [1.29, 1.82) is 0 Å². The van der Waals surface area contributed by atoms with Crippen LogP contribution < -0.4 is 5.73 Å². The first-order valence-corrected chi connectivity index (χ1v) is 7.30. The number of halogens is 1. The summed E-state index contributed by atoms with van der Waals surface area (Å²) in [6, 6.07) is 0.401. The molecule has 0 bridgehead atoms. The Balaban J connectivity index is 0.00000180. The Kier molecular flexibility index (Phi) is 6.57. The van der Waals surface area contributed by atoms with Gasteiger partial charge in [-0.15, -0.1) is 12.4 Å². The lowest BCUT2D eigenvalue weighted by Crippen LogP contribution is -2.47. The molecule has 2 N–H and O–H groups in total. The van der Waals surface area contributed by atoms with Crippen LogP contribution in [0.15, 0.2) is 0 Å². The SMILES string of the molecule is CC1CCN(C(=O)CN(C)C(CN)C2CC2)CC1.Cl. The number of carbonyl (C=O) groups excluding carboxylic acids is 1. The second-order valence-corrected chi connectivity index (χ2v) is 6.12. The van der Waals surface area contributed by atoms with E-state index in [-0.39, 0.29) is 18.3 Å². The lowest BCUT2D eigenvalue weighted by Gasteiger charge is -2.33. The molecule has 112 valence electrons. The number of hydrogen-bond acceptors (Lipinski definition) is 3. The van der Waals surface area contributed by atoms with Crippen LogP contribution in [-0.2, 0) is 4.79 Å². The average molecular weight is 290 g/mol. The molecule has 1 aliphatic heterocycles. The molecule has 1 saturated carbocycles. The van der Waals surface area contributed by atoms with Gasteiger partial charge in [0.2, 0.25) is 5.91 Å². The third-order valence-corrected chi connectivity index (χ3v) is 4.49. The second-order valence-electron chi connectivity index (χ2n) is 6.12. The van der Waals surface area contributed by atoms with Crippen LogP contribution in [0.25, 0.3) is 0 Å². The van der Waals surface area contributed by atoms with Gasteiger partial charge < -0.3 is 10.6 Å². The van der Waals surface area contributed by atoms with E-state index in [0.717, 1.165) is 37.8 Å². The summed E-state index contributed by atoms with van der Waals surface area (Å²) >= 11 is 0. The van der Waals surface area contributed by atoms with E-state index in [1.165, 1.54) is 12.8 Å². The van der Waals surface area contributed by atoms with Crippen molar-refractivity contribution in [2.75, 3.05) is 33.2 Å². The summed E-state index contributed by atoms with van der Waals surface area (Å²) in [5.74, 6) is 1.78. The van der Waals surface area contributed by atoms with Gasteiger partial charge in [-0.3, -0.25) is 9.69 Å². The molecular weight excluding hydrogens is 262 g/mol. The second kappa shape index (κ2) is 7.46. The topological polar surface area (TPSA) is 49.6 Å². The van der Waals surface area contributed by atoms with Gasteiger partial charge in [-0.1, -0.05) is 6.92 Å². The van der Waals surface area contributed by atoms with E-state index in [0.29, 0.717) is 19.1 Å². The number of nitrogens with zero attached hydrogens (tertiary/aromatic N) is 2. The standard InChI is InChI=1S/C14H27N3O.ClH/c1-11-5-7-17(8-6-11)14(18)10-16(2)13(9-15)12-3-4-12;/h11-13H,3-10,15H2,1-2H3;1H. The molecule has 0 spiro atoms. The molecule has 4 nitrogen and oxygen atoms in total. The Labute approximate surface area is 123 Å². The van der Waals surface area contributed by atoms with Crippen LogP contribution in [0.1, 0.15) is 32.6 Å². The number of likely N-dealkylation sites (tertiary alicyclic amines) is 1. The Morgan fingerprint density at radius 3 is 2.37 bits per heavy atom. The van der Waals surface area contributed by atoms with Crippen molar-refractivity contribution >= 4 is 18.3 Å². The van der Waals surface area contributed by atoms with Crippen molar-refractivity contribution in [3.8, 4) is 0 Å². The fourth-order valence-corrected chi connectivity index (χ4v) is 2.90. The maximum Gasteiger partial charge on any atom is 0.236 e. The van der Waals surface area contributed by atoms with Crippen molar-refractivity contribution in [1.82, 2.24) is 9.80 Å². The van der Waals surface area contributed by atoms with Gasteiger partial charge in [-0.25, -0.2) is 0 Å². The highest BCUT2D eigenvalue weighted by Crippen LogP contribution is 2.34. The van der Waals surface area contributed by atoms with Crippen LogP contribution in [0.5, 0.6) is 0 Å². The fraction of sp³-hybridized carbons (Fsp3) is 0.929. The summed E-state index contributed by atoms with van der Waals surface area (Å²) in [6.07, 6.45) is 4.86. The van der Waals surface area contributed by atoms with E-state index < -0.39 is 0 Å².